The molecule has 0 radical (unpaired) electrons. The van der Waals surface area contributed by atoms with Gasteiger partial charge in [0.1, 0.15) is 6.54 Å². The molecule has 110 valence electrons. The third kappa shape index (κ3) is 5.19. The first kappa shape index (κ1) is 16.0. The Labute approximate surface area is 114 Å². The number of carbonyl (C=O) groups excluding carboxylic acids is 1. The standard InChI is InChI=1S/C10H17F3N4OS/c1-7(8(14)19)16-2-4-17(5-3-16)9(18)15-6-10(11,12)13/h7H,2-6H2,1H3,(H2,14,19)(H,15,18). The van der Waals surface area contributed by atoms with Crippen molar-refractivity contribution in [2.75, 3.05) is 32.7 Å². The molecular weight excluding hydrogens is 281 g/mol. The van der Waals surface area contributed by atoms with Crippen LogP contribution in [-0.2, 0) is 0 Å². The van der Waals surface area contributed by atoms with Gasteiger partial charge in [0.25, 0.3) is 0 Å². The first-order chi connectivity index (χ1) is 8.70. The van der Waals surface area contributed by atoms with Gasteiger partial charge in [0.15, 0.2) is 0 Å². The Kier molecular flexibility index (Phi) is 5.36. The number of nitrogens with zero attached hydrogens (tertiary/aromatic N) is 2. The van der Waals surface area contributed by atoms with Crippen LogP contribution in [0.25, 0.3) is 0 Å². The Morgan fingerprint density at radius 2 is 1.89 bits per heavy atom. The average molecular weight is 298 g/mol. The summed E-state index contributed by atoms with van der Waals surface area (Å²) < 4.78 is 35.9. The van der Waals surface area contributed by atoms with Crippen LogP contribution in [-0.4, -0.2) is 65.8 Å². The molecule has 1 rings (SSSR count). The SMILES string of the molecule is CC(C(N)=S)N1CCN(C(=O)NCC(F)(F)F)CC1. The molecule has 0 aromatic carbocycles. The molecule has 1 heterocycles. The fourth-order valence-electron chi connectivity index (χ4n) is 1.78. The summed E-state index contributed by atoms with van der Waals surface area (Å²) in [5, 5.41) is 1.85. The molecule has 1 aliphatic heterocycles. The highest BCUT2D eigenvalue weighted by Gasteiger charge is 2.30. The van der Waals surface area contributed by atoms with Gasteiger partial charge in [-0.2, -0.15) is 13.2 Å². The van der Waals surface area contributed by atoms with Crippen molar-refractivity contribution in [2.45, 2.75) is 19.1 Å². The molecule has 2 amide bonds. The molecule has 1 saturated heterocycles. The van der Waals surface area contributed by atoms with Crippen LogP contribution in [0.5, 0.6) is 0 Å². The molecule has 1 atom stereocenters. The molecule has 0 aromatic heterocycles. The maximum atomic E-state index is 12.0. The average Bonchev–Trinajstić information content (AvgIpc) is 2.34. The number of amides is 2. The highest BCUT2D eigenvalue weighted by Crippen LogP contribution is 2.13. The number of thiocarbonyl (C=S) groups is 1. The number of hydrogen-bond donors (Lipinski definition) is 2. The highest BCUT2D eigenvalue weighted by atomic mass is 32.1. The van der Waals surface area contributed by atoms with E-state index in [4.69, 9.17) is 18.0 Å². The van der Waals surface area contributed by atoms with Crippen LogP contribution < -0.4 is 11.1 Å². The smallest absolute Gasteiger partial charge is 0.392 e. The van der Waals surface area contributed by atoms with Crippen LogP contribution in [0.3, 0.4) is 0 Å². The van der Waals surface area contributed by atoms with Crippen molar-refractivity contribution in [1.82, 2.24) is 15.1 Å². The minimum atomic E-state index is -4.39. The van der Waals surface area contributed by atoms with E-state index in [1.165, 1.54) is 4.90 Å². The summed E-state index contributed by atoms with van der Waals surface area (Å²) in [6.45, 7) is 2.35. The second-order valence-corrected chi connectivity index (χ2v) is 4.85. The van der Waals surface area contributed by atoms with E-state index in [1.54, 1.807) is 0 Å². The number of alkyl halides is 3. The summed E-state index contributed by atoms with van der Waals surface area (Å²) in [5.74, 6) is 0. The summed E-state index contributed by atoms with van der Waals surface area (Å²) in [7, 11) is 0. The molecular formula is C10H17F3N4OS. The number of rotatable bonds is 3. The summed E-state index contributed by atoms with van der Waals surface area (Å²) in [6.07, 6.45) is -4.39. The van der Waals surface area contributed by atoms with Gasteiger partial charge >= 0.3 is 12.2 Å². The first-order valence-corrected chi connectivity index (χ1v) is 6.24. The Morgan fingerprint density at radius 3 is 2.32 bits per heavy atom. The van der Waals surface area contributed by atoms with Crippen LogP contribution in [0.2, 0.25) is 0 Å². The number of nitrogens with two attached hydrogens (primary N) is 1. The fourth-order valence-corrected chi connectivity index (χ4v) is 1.93. The number of hydrogen-bond acceptors (Lipinski definition) is 3. The lowest BCUT2D eigenvalue weighted by Gasteiger charge is -2.37. The van der Waals surface area contributed by atoms with Crippen molar-refractivity contribution in [3.05, 3.63) is 0 Å². The molecule has 1 fully saturated rings. The lowest BCUT2D eigenvalue weighted by molar-refractivity contribution is -0.123. The predicted octanol–water partition coefficient (Wildman–Crippen LogP) is 0.550. The molecule has 1 aliphatic rings. The van der Waals surface area contributed by atoms with Crippen LogP contribution in [0.15, 0.2) is 0 Å². The zero-order chi connectivity index (χ0) is 14.6. The van der Waals surface area contributed by atoms with Crippen molar-refractivity contribution >= 4 is 23.2 Å². The predicted molar refractivity (Wildman–Crippen MR) is 68.8 cm³/mol. The van der Waals surface area contributed by atoms with E-state index in [9.17, 15) is 18.0 Å². The maximum absolute atomic E-state index is 12.0. The van der Waals surface area contributed by atoms with E-state index >= 15 is 0 Å². The van der Waals surface area contributed by atoms with Gasteiger partial charge < -0.3 is 16.0 Å². The highest BCUT2D eigenvalue weighted by molar-refractivity contribution is 7.80. The topological polar surface area (TPSA) is 61.6 Å². The Hall–Kier alpha value is -1.09. The third-order valence-corrected chi connectivity index (χ3v) is 3.34. The Balaban J connectivity index is 2.37. The number of carbonyl (C=O) groups is 1. The first-order valence-electron chi connectivity index (χ1n) is 5.83. The van der Waals surface area contributed by atoms with Crippen LogP contribution in [0, 0.1) is 0 Å². The van der Waals surface area contributed by atoms with Gasteiger partial charge in [-0.1, -0.05) is 12.2 Å². The molecule has 19 heavy (non-hydrogen) atoms. The lowest BCUT2D eigenvalue weighted by atomic mass is 10.2. The van der Waals surface area contributed by atoms with E-state index in [0.29, 0.717) is 31.2 Å². The molecule has 0 aliphatic carbocycles. The molecule has 1 unspecified atom stereocenters. The molecule has 0 bridgehead atoms. The molecule has 0 saturated carbocycles. The molecule has 9 heteroatoms. The van der Waals surface area contributed by atoms with Crippen LogP contribution in [0.4, 0.5) is 18.0 Å². The maximum Gasteiger partial charge on any atom is 0.405 e. The Bertz CT molecular complexity index is 342. The van der Waals surface area contributed by atoms with Gasteiger partial charge in [-0.25, -0.2) is 4.79 Å². The number of piperazine rings is 1. The van der Waals surface area contributed by atoms with E-state index < -0.39 is 18.8 Å². The second kappa shape index (κ2) is 6.38. The van der Waals surface area contributed by atoms with Gasteiger partial charge in [-0.05, 0) is 6.92 Å². The minimum Gasteiger partial charge on any atom is -0.392 e. The largest absolute Gasteiger partial charge is 0.405 e. The normalized spacial score (nSPS) is 19.1. The number of halogens is 3. The minimum absolute atomic E-state index is 0.0737. The zero-order valence-corrected chi connectivity index (χ0v) is 11.4. The Morgan fingerprint density at radius 1 is 1.37 bits per heavy atom. The summed E-state index contributed by atoms with van der Waals surface area (Å²) in [4.78, 5) is 15.2. The third-order valence-electron chi connectivity index (χ3n) is 3.00. The monoisotopic (exact) mass is 298 g/mol. The van der Waals surface area contributed by atoms with Crippen molar-refractivity contribution in [3.63, 3.8) is 0 Å². The molecule has 0 aromatic rings. The zero-order valence-electron chi connectivity index (χ0n) is 10.5. The van der Waals surface area contributed by atoms with E-state index in [0.717, 1.165) is 0 Å². The van der Waals surface area contributed by atoms with Gasteiger partial charge in [-0.3, -0.25) is 4.90 Å². The van der Waals surface area contributed by atoms with Crippen molar-refractivity contribution in [2.24, 2.45) is 5.73 Å². The molecule has 3 N–H and O–H groups in total. The van der Waals surface area contributed by atoms with E-state index in [1.807, 2.05) is 17.1 Å². The van der Waals surface area contributed by atoms with Gasteiger partial charge in [0.2, 0.25) is 0 Å². The van der Waals surface area contributed by atoms with E-state index in [2.05, 4.69) is 0 Å². The summed E-state index contributed by atoms with van der Waals surface area (Å²) >= 11 is 4.88. The lowest BCUT2D eigenvalue weighted by Crippen LogP contribution is -2.56. The number of nitrogens with one attached hydrogen (secondary N) is 1. The second-order valence-electron chi connectivity index (χ2n) is 4.38. The van der Waals surface area contributed by atoms with Crippen molar-refractivity contribution in [3.8, 4) is 0 Å². The fraction of sp³-hybridized carbons (Fsp3) is 0.800. The molecule has 5 nitrogen and oxygen atoms in total. The quantitative estimate of drug-likeness (QED) is 0.747. The van der Waals surface area contributed by atoms with Gasteiger partial charge in [-0.15, -0.1) is 0 Å². The molecule has 0 spiro atoms. The summed E-state index contributed by atoms with van der Waals surface area (Å²) in [6, 6.07) is -0.768. The van der Waals surface area contributed by atoms with E-state index in [-0.39, 0.29) is 6.04 Å². The van der Waals surface area contributed by atoms with Gasteiger partial charge in [0.05, 0.1) is 11.0 Å². The van der Waals surface area contributed by atoms with Gasteiger partial charge in [0, 0.05) is 26.2 Å². The van der Waals surface area contributed by atoms with Crippen LogP contribution in [0.1, 0.15) is 6.92 Å². The van der Waals surface area contributed by atoms with Crippen molar-refractivity contribution in [1.29, 1.82) is 0 Å². The van der Waals surface area contributed by atoms with Crippen LogP contribution >= 0.6 is 12.2 Å². The summed E-state index contributed by atoms with van der Waals surface area (Å²) in [5.41, 5.74) is 5.53. The number of urea groups is 1. The van der Waals surface area contributed by atoms with Crippen molar-refractivity contribution < 1.29 is 18.0 Å².